The first-order valence-electron chi connectivity index (χ1n) is 15.7. The molecule has 0 spiro atoms. The van der Waals surface area contributed by atoms with E-state index in [4.69, 9.17) is 4.98 Å². The highest BCUT2D eigenvalue weighted by molar-refractivity contribution is 6.14. The molecule has 3 heteroatoms. The molecule has 1 aliphatic rings. The van der Waals surface area contributed by atoms with Gasteiger partial charge in [-0.3, -0.25) is 4.40 Å². The molecule has 46 heavy (non-hydrogen) atoms. The highest BCUT2D eigenvalue weighted by atomic mass is 15.1. The molecule has 2 aromatic heterocycles. The third-order valence-corrected chi connectivity index (χ3v) is 9.50. The Hall–Kier alpha value is -6.19. The van der Waals surface area contributed by atoms with E-state index in [1.54, 1.807) is 0 Å². The van der Waals surface area contributed by atoms with Crippen LogP contribution in [0.2, 0.25) is 0 Å². The minimum absolute atomic E-state index is 0.994. The smallest absolute Gasteiger partial charge is 0.146 e. The molecule has 0 saturated heterocycles. The monoisotopic (exact) mass is 585 g/mol. The molecule has 1 aliphatic heterocycles. The molecule has 214 valence electrons. The number of imidazole rings is 1. The van der Waals surface area contributed by atoms with Crippen LogP contribution in [0.4, 0.5) is 17.1 Å². The first kappa shape index (κ1) is 25.2. The third-order valence-electron chi connectivity index (χ3n) is 9.50. The van der Waals surface area contributed by atoms with E-state index < -0.39 is 0 Å². The van der Waals surface area contributed by atoms with Crippen molar-refractivity contribution in [3.8, 4) is 33.4 Å². The lowest BCUT2D eigenvalue weighted by Crippen LogP contribution is -2.10. The first-order chi connectivity index (χ1) is 22.8. The Morgan fingerprint density at radius 1 is 0.391 bits per heavy atom. The summed E-state index contributed by atoms with van der Waals surface area (Å²) in [6.45, 7) is 0. The number of para-hydroxylation sites is 3. The molecular formula is C43H27N3. The minimum atomic E-state index is 0.994. The second-order valence-corrected chi connectivity index (χ2v) is 12.0. The minimum Gasteiger partial charge on any atom is -0.309 e. The van der Waals surface area contributed by atoms with E-state index in [1.807, 2.05) is 0 Å². The summed E-state index contributed by atoms with van der Waals surface area (Å²) in [6, 6.07) is 59.1. The van der Waals surface area contributed by atoms with E-state index in [9.17, 15) is 0 Å². The van der Waals surface area contributed by atoms with Crippen molar-refractivity contribution < 1.29 is 0 Å². The van der Waals surface area contributed by atoms with E-state index in [0.717, 1.165) is 22.4 Å². The molecular weight excluding hydrogens is 558 g/mol. The third kappa shape index (κ3) is 3.57. The van der Waals surface area contributed by atoms with Crippen LogP contribution in [-0.2, 0) is 0 Å². The SMILES string of the molecule is c1ccc(N2c3ccccc3-c3ccccc3-c3cc(-c4ccc5nc6c7ccccc7c7ccccc7n6c5c4)ccc32)cc1. The van der Waals surface area contributed by atoms with E-state index >= 15 is 0 Å². The van der Waals surface area contributed by atoms with Crippen molar-refractivity contribution in [2.45, 2.75) is 0 Å². The maximum absolute atomic E-state index is 5.16. The summed E-state index contributed by atoms with van der Waals surface area (Å²) in [6.07, 6.45) is 0. The van der Waals surface area contributed by atoms with E-state index in [0.29, 0.717) is 0 Å². The van der Waals surface area contributed by atoms with Gasteiger partial charge >= 0.3 is 0 Å². The van der Waals surface area contributed by atoms with Crippen molar-refractivity contribution in [3.63, 3.8) is 0 Å². The van der Waals surface area contributed by atoms with Crippen molar-refractivity contribution in [3.05, 3.63) is 164 Å². The maximum atomic E-state index is 5.16. The summed E-state index contributed by atoms with van der Waals surface area (Å²) >= 11 is 0. The highest BCUT2D eigenvalue weighted by Crippen LogP contribution is 2.51. The first-order valence-corrected chi connectivity index (χ1v) is 15.7. The Morgan fingerprint density at radius 3 is 1.85 bits per heavy atom. The fourth-order valence-electron chi connectivity index (χ4n) is 7.45. The van der Waals surface area contributed by atoms with Crippen molar-refractivity contribution >= 4 is 55.4 Å². The number of hydrogen-bond acceptors (Lipinski definition) is 2. The maximum Gasteiger partial charge on any atom is 0.146 e. The van der Waals surface area contributed by atoms with Crippen LogP contribution in [-0.4, -0.2) is 9.38 Å². The number of anilines is 3. The number of hydrogen-bond donors (Lipinski definition) is 0. The second kappa shape index (κ2) is 9.65. The zero-order valence-corrected chi connectivity index (χ0v) is 24.9. The van der Waals surface area contributed by atoms with Gasteiger partial charge in [-0.25, -0.2) is 4.98 Å². The Kier molecular flexibility index (Phi) is 5.28. The van der Waals surface area contributed by atoms with Crippen LogP contribution in [0.3, 0.4) is 0 Å². The van der Waals surface area contributed by atoms with Crippen LogP contribution in [0.15, 0.2) is 164 Å². The van der Waals surface area contributed by atoms with Crippen molar-refractivity contribution in [1.29, 1.82) is 0 Å². The van der Waals surface area contributed by atoms with Gasteiger partial charge in [-0.1, -0.05) is 115 Å². The summed E-state index contributed by atoms with van der Waals surface area (Å²) in [5, 5.41) is 3.63. The summed E-state index contributed by atoms with van der Waals surface area (Å²) in [4.78, 5) is 7.57. The van der Waals surface area contributed by atoms with Gasteiger partial charge in [0, 0.05) is 27.6 Å². The highest BCUT2D eigenvalue weighted by Gasteiger charge is 2.26. The topological polar surface area (TPSA) is 20.5 Å². The van der Waals surface area contributed by atoms with E-state index in [-0.39, 0.29) is 0 Å². The van der Waals surface area contributed by atoms with Crippen LogP contribution >= 0.6 is 0 Å². The molecule has 0 unspecified atom stereocenters. The molecule has 3 heterocycles. The molecule has 7 aromatic carbocycles. The van der Waals surface area contributed by atoms with Gasteiger partial charge in [-0.05, 0) is 76.2 Å². The summed E-state index contributed by atoms with van der Waals surface area (Å²) in [5.41, 5.74) is 15.0. The van der Waals surface area contributed by atoms with E-state index in [2.05, 4.69) is 173 Å². The zero-order chi connectivity index (χ0) is 30.2. The Morgan fingerprint density at radius 2 is 1.00 bits per heavy atom. The lowest BCUT2D eigenvalue weighted by atomic mass is 9.92. The fraction of sp³-hybridized carbons (Fsp3) is 0. The van der Waals surface area contributed by atoms with Crippen LogP contribution in [0.1, 0.15) is 0 Å². The molecule has 3 nitrogen and oxygen atoms in total. The number of pyridine rings is 1. The number of fused-ring (bicyclic) bond motifs is 13. The molecule has 0 aliphatic carbocycles. The lowest BCUT2D eigenvalue weighted by Gasteiger charge is -2.27. The standard InChI is InChI=1S/C43H27N3/c1-2-12-30(13-3-1)45-39-20-10-8-17-34(39)31-14-4-5-15-32(31)37-26-28(23-25-41(37)45)29-22-24-38-42(27-29)46-40-21-11-9-18-35(40)33-16-6-7-19-36(33)43(46)44-38/h1-27H. The summed E-state index contributed by atoms with van der Waals surface area (Å²) < 4.78 is 2.34. The second-order valence-electron chi connectivity index (χ2n) is 12.0. The zero-order valence-electron chi connectivity index (χ0n) is 24.9. The molecule has 0 amide bonds. The number of aromatic nitrogens is 2. The molecule has 0 bridgehead atoms. The number of nitrogens with zero attached hydrogens (tertiary/aromatic N) is 3. The predicted molar refractivity (Wildman–Crippen MR) is 192 cm³/mol. The van der Waals surface area contributed by atoms with Gasteiger partial charge < -0.3 is 4.90 Å². The van der Waals surface area contributed by atoms with Gasteiger partial charge in [-0.15, -0.1) is 0 Å². The fourth-order valence-corrected chi connectivity index (χ4v) is 7.45. The van der Waals surface area contributed by atoms with Crippen molar-refractivity contribution in [2.75, 3.05) is 4.90 Å². The molecule has 9 aromatic rings. The van der Waals surface area contributed by atoms with Crippen LogP contribution in [0.25, 0.3) is 71.7 Å². The Bertz CT molecular complexity index is 2650. The molecule has 0 N–H and O–H groups in total. The number of benzene rings is 7. The van der Waals surface area contributed by atoms with Crippen LogP contribution < -0.4 is 4.90 Å². The average Bonchev–Trinajstić information content (AvgIpc) is 3.47. The van der Waals surface area contributed by atoms with Crippen LogP contribution in [0, 0.1) is 0 Å². The molecule has 10 rings (SSSR count). The van der Waals surface area contributed by atoms with Crippen molar-refractivity contribution in [2.24, 2.45) is 0 Å². The van der Waals surface area contributed by atoms with Crippen molar-refractivity contribution in [1.82, 2.24) is 9.38 Å². The summed E-state index contributed by atoms with van der Waals surface area (Å²) in [7, 11) is 0. The number of rotatable bonds is 2. The van der Waals surface area contributed by atoms with Gasteiger partial charge in [0.1, 0.15) is 5.65 Å². The van der Waals surface area contributed by atoms with E-state index in [1.165, 1.54) is 66.4 Å². The molecule has 0 radical (unpaired) electrons. The lowest BCUT2D eigenvalue weighted by molar-refractivity contribution is 1.29. The van der Waals surface area contributed by atoms with Gasteiger partial charge in [0.2, 0.25) is 0 Å². The van der Waals surface area contributed by atoms with Gasteiger partial charge in [0.25, 0.3) is 0 Å². The van der Waals surface area contributed by atoms with Crippen LogP contribution in [0.5, 0.6) is 0 Å². The Labute approximate surface area is 266 Å². The molecule has 0 atom stereocenters. The predicted octanol–water partition coefficient (Wildman–Crippen LogP) is 11.6. The van der Waals surface area contributed by atoms with Gasteiger partial charge in [0.05, 0.1) is 27.9 Å². The average molecular weight is 586 g/mol. The quantitative estimate of drug-likeness (QED) is 0.188. The normalized spacial score (nSPS) is 12.3. The molecule has 0 fully saturated rings. The largest absolute Gasteiger partial charge is 0.309 e. The summed E-state index contributed by atoms with van der Waals surface area (Å²) in [5.74, 6) is 0. The Balaban J connectivity index is 1.24. The van der Waals surface area contributed by atoms with Gasteiger partial charge in [0.15, 0.2) is 0 Å². The molecule has 0 saturated carbocycles. The van der Waals surface area contributed by atoms with Gasteiger partial charge in [-0.2, -0.15) is 0 Å².